The predicted molar refractivity (Wildman–Crippen MR) is 120 cm³/mol. The fourth-order valence-corrected chi connectivity index (χ4v) is 4.46. The number of nitrogens with one attached hydrogen (secondary N) is 2. The Kier molecular flexibility index (Phi) is 5.73. The number of sulfone groups is 1. The van der Waals surface area contributed by atoms with Gasteiger partial charge in [0, 0.05) is 12.0 Å². The third kappa shape index (κ3) is 4.59. The molecular formula is C23H21N3O4S. The first-order valence-corrected chi connectivity index (χ1v) is 11.3. The van der Waals surface area contributed by atoms with E-state index in [-0.39, 0.29) is 23.0 Å². The summed E-state index contributed by atoms with van der Waals surface area (Å²) in [5, 5.41) is 2.81. The first kappa shape index (κ1) is 20.6. The molecule has 0 atom stereocenters. The van der Waals surface area contributed by atoms with Crippen LogP contribution in [0.3, 0.4) is 0 Å². The number of H-pyrrole nitrogens is 1. The zero-order chi connectivity index (χ0) is 21.8. The van der Waals surface area contributed by atoms with Gasteiger partial charge in [0.25, 0.3) is 0 Å². The van der Waals surface area contributed by atoms with E-state index in [1.54, 1.807) is 24.3 Å². The van der Waals surface area contributed by atoms with Crippen molar-refractivity contribution in [2.24, 2.45) is 0 Å². The predicted octanol–water partition coefficient (Wildman–Crippen LogP) is 4.04. The van der Waals surface area contributed by atoms with Gasteiger partial charge in [-0.25, -0.2) is 13.4 Å². The number of anilines is 1. The molecule has 0 spiro atoms. The molecule has 31 heavy (non-hydrogen) atoms. The minimum Gasteiger partial charge on any atom is -0.497 e. The lowest BCUT2D eigenvalue weighted by atomic mass is 10.1. The Labute approximate surface area is 180 Å². The minimum atomic E-state index is -3.59. The van der Waals surface area contributed by atoms with Gasteiger partial charge in [-0.05, 0) is 48.5 Å². The van der Waals surface area contributed by atoms with Crippen LogP contribution in [0.2, 0.25) is 0 Å². The number of hydrogen-bond acceptors (Lipinski definition) is 5. The lowest BCUT2D eigenvalue weighted by Gasteiger charge is -2.10. The molecule has 1 heterocycles. The second-order valence-electron chi connectivity index (χ2n) is 6.94. The maximum absolute atomic E-state index is 12.5. The smallest absolute Gasteiger partial charge is 0.225 e. The fraction of sp³-hybridized carbons (Fsp3) is 0.130. The summed E-state index contributed by atoms with van der Waals surface area (Å²) >= 11 is 0. The lowest BCUT2D eigenvalue weighted by molar-refractivity contribution is -0.115. The van der Waals surface area contributed by atoms with Crippen LogP contribution in [0.15, 0.2) is 77.7 Å². The van der Waals surface area contributed by atoms with E-state index in [0.29, 0.717) is 17.3 Å². The molecule has 0 aliphatic rings. The first-order valence-electron chi connectivity index (χ1n) is 9.67. The highest BCUT2D eigenvalue weighted by Gasteiger charge is 2.18. The molecule has 0 fully saturated rings. The van der Waals surface area contributed by atoms with Gasteiger partial charge >= 0.3 is 0 Å². The third-order valence-corrected chi connectivity index (χ3v) is 6.59. The monoisotopic (exact) mass is 435 g/mol. The average Bonchev–Trinajstić information content (AvgIpc) is 3.22. The highest BCUT2D eigenvalue weighted by atomic mass is 32.2. The van der Waals surface area contributed by atoms with E-state index in [0.717, 1.165) is 16.6 Å². The molecule has 4 aromatic rings. The number of rotatable bonds is 7. The molecule has 0 aliphatic carbocycles. The number of ether oxygens (including phenoxy) is 1. The molecule has 1 aromatic heterocycles. The molecule has 3 aromatic carbocycles. The van der Waals surface area contributed by atoms with Crippen molar-refractivity contribution in [3.8, 4) is 17.1 Å². The molecule has 0 unspecified atom stereocenters. The van der Waals surface area contributed by atoms with Crippen LogP contribution in [-0.4, -0.2) is 37.2 Å². The van der Waals surface area contributed by atoms with Crippen LogP contribution in [-0.2, 0) is 14.6 Å². The Morgan fingerprint density at radius 1 is 1.00 bits per heavy atom. The van der Waals surface area contributed by atoms with Gasteiger partial charge < -0.3 is 15.0 Å². The molecular weight excluding hydrogens is 414 g/mol. The molecule has 0 aliphatic heterocycles. The molecule has 0 bridgehead atoms. The van der Waals surface area contributed by atoms with Crippen molar-refractivity contribution in [2.75, 3.05) is 18.2 Å². The van der Waals surface area contributed by atoms with Crippen LogP contribution >= 0.6 is 0 Å². The van der Waals surface area contributed by atoms with Gasteiger partial charge in [-0.1, -0.05) is 24.3 Å². The van der Waals surface area contributed by atoms with Crippen molar-refractivity contribution in [3.63, 3.8) is 0 Å². The summed E-state index contributed by atoms with van der Waals surface area (Å²) in [4.78, 5) is 20.5. The van der Waals surface area contributed by atoms with E-state index in [1.807, 2.05) is 36.4 Å². The highest BCUT2D eigenvalue weighted by Crippen LogP contribution is 2.27. The maximum Gasteiger partial charge on any atom is 0.225 e. The molecule has 158 valence electrons. The zero-order valence-corrected chi connectivity index (χ0v) is 17.6. The van der Waals surface area contributed by atoms with Crippen molar-refractivity contribution in [2.45, 2.75) is 11.3 Å². The Bertz CT molecular complexity index is 1300. The Hall–Kier alpha value is -3.65. The molecule has 2 N–H and O–H groups in total. The third-order valence-electron chi connectivity index (χ3n) is 4.86. The standard InChI is InChI=1S/C23H21N3O4S/c1-30-16-10-12-17(13-11-16)31(28,29)15-14-22(27)24-19-7-3-2-6-18(19)23-25-20-8-4-5-9-21(20)26-23/h2-13H,14-15H2,1H3,(H,24,27)(H,25,26). The number of fused-ring (bicyclic) bond motifs is 1. The fourth-order valence-electron chi connectivity index (χ4n) is 3.22. The number of methoxy groups -OCH3 is 1. The van der Waals surface area contributed by atoms with E-state index >= 15 is 0 Å². The van der Waals surface area contributed by atoms with Crippen LogP contribution in [0.1, 0.15) is 6.42 Å². The molecule has 8 heteroatoms. The number of amides is 1. The van der Waals surface area contributed by atoms with Crippen LogP contribution in [0.25, 0.3) is 22.4 Å². The Balaban J connectivity index is 1.47. The summed E-state index contributed by atoms with van der Waals surface area (Å²) in [7, 11) is -2.08. The number of para-hydroxylation sites is 3. The topological polar surface area (TPSA) is 101 Å². The van der Waals surface area contributed by atoms with Crippen LogP contribution in [0.5, 0.6) is 5.75 Å². The van der Waals surface area contributed by atoms with Crippen molar-refractivity contribution in [1.82, 2.24) is 9.97 Å². The average molecular weight is 436 g/mol. The van der Waals surface area contributed by atoms with Gasteiger partial charge in [0.05, 0.1) is 34.5 Å². The number of nitrogens with zero attached hydrogens (tertiary/aromatic N) is 1. The highest BCUT2D eigenvalue weighted by molar-refractivity contribution is 7.91. The zero-order valence-electron chi connectivity index (χ0n) is 16.8. The largest absolute Gasteiger partial charge is 0.497 e. The van der Waals surface area contributed by atoms with Gasteiger partial charge in [0.1, 0.15) is 11.6 Å². The van der Waals surface area contributed by atoms with Gasteiger partial charge in [0.2, 0.25) is 5.91 Å². The maximum atomic E-state index is 12.5. The van der Waals surface area contributed by atoms with Gasteiger partial charge in [-0.3, -0.25) is 4.79 Å². The number of benzene rings is 3. The summed E-state index contributed by atoms with van der Waals surface area (Å²) < 4.78 is 30.1. The second kappa shape index (κ2) is 8.61. The summed E-state index contributed by atoms with van der Waals surface area (Å²) in [5.74, 6) is 0.514. The summed E-state index contributed by atoms with van der Waals surface area (Å²) in [6.45, 7) is 0. The number of imidazole rings is 1. The first-order chi connectivity index (χ1) is 15.0. The quantitative estimate of drug-likeness (QED) is 0.456. The van der Waals surface area contributed by atoms with E-state index in [9.17, 15) is 13.2 Å². The summed E-state index contributed by atoms with van der Waals surface area (Å²) in [6, 6.07) is 21.0. The van der Waals surface area contributed by atoms with Gasteiger partial charge in [-0.15, -0.1) is 0 Å². The number of hydrogen-bond donors (Lipinski definition) is 2. The van der Waals surface area contributed by atoms with E-state index < -0.39 is 9.84 Å². The Morgan fingerprint density at radius 3 is 2.45 bits per heavy atom. The number of aromatic amines is 1. The molecule has 0 radical (unpaired) electrons. The molecule has 1 amide bonds. The molecule has 7 nitrogen and oxygen atoms in total. The molecule has 0 saturated heterocycles. The van der Waals surface area contributed by atoms with Crippen LogP contribution in [0.4, 0.5) is 5.69 Å². The number of aromatic nitrogens is 2. The SMILES string of the molecule is COc1ccc(S(=O)(=O)CCC(=O)Nc2ccccc2-c2nc3ccccc3[nH]2)cc1. The van der Waals surface area contributed by atoms with Crippen molar-refractivity contribution in [1.29, 1.82) is 0 Å². The van der Waals surface area contributed by atoms with E-state index in [2.05, 4.69) is 15.3 Å². The lowest BCUT2D eigenvalue weighted by Crippen LogP contribution is -2.18. The molecule has 4 rings (SSSR count). The van der Waals surface area contributed by atoms with Crippen LogP contribution < -0.4 is 10.1 Å². The molecule has 0 saturated carbocycles. The van der Waals surface area contributed by atoms with Gasteiger partial charge in [0.15, 0.2) is 9.84 Å². The normalized spacial score (nSPS) is 11.4. The summed E-state index contributed by atoms with van der Waals surface area (Å²) in [6.07, 6.45) is -0.164. The van der Waals surface area contributed by atoms with Crippen molar-refractivity contribution in [3.05, 3.63) is 72.8 Å². The van der Waals surface area contributed by atoms with E-state index in [1.165, 1.54) is 19.2 Å². The van der Waals surface area contributed by atoms with Crippen molar-refractivity contribution < 1.29 is 17.9 Å². The van der Waals surface area contributed by atoms with Crippen LogP contribution in [0, 0.1) is 0 Å². The second-order valence-corrected chi connectivity index (χ2v) is 9.05. The number of carbonyl (C=O) groups excluding carboxylic acids is 1. The minimum absolute atomic E-state index is 0.156. The Morgan fingerprint density at radius 2 is 1.71 bits per heavy atom. The van der Waals surface area contributed by atoms with Crippen molar-refractivity contribution >= 4 is 32.5 Å². The van der Waals surface area contributed by atoms with Gasteiger partial charge in [-0.2, -0.15) is 0 Å². The summed E-state index contributed by atoms with van der Waals surface area (Å²) in [5.41, 5.74) is 3.01. The number of carbonyl (C=O) groups is 1. The van der Waals surface area contributed by atoms with E-state index in [4.69, 9.17) is 4.74 Å².